The van der Waals surface area contributed by atoms with Crippen molar-refractivity contribution in [3.05, 3.63) is 36.4 Å². The van der Waals surface area contributed by atoms with Gasteiger partial charge in [0.25, 0.3) is 0 Å². The summed E-state index contributed by atoms with van der Waals surface area (Å²) in [6, 6.07) is 11.1. The first kappa shape index (κ1) is 17.6. The molecule has 0 bridgehead atoms. The molecule has 0 saturated heterocycles. The second-order valence-corrected chi connectivity index (χ2v) is 6.47. The van der Waals surface area contributed by atoms with Gasteiger partial charge in [0.15, 0.2) is 23.0 Å². The van der Waals surface area contributed by atoms with E-state index in [4.69, 9.17) is 29.4 Å². The van der Waals surface area contributed by atoms with Crippen LogP contribution in [0.5, 0.6) is 28.7 Å². The summed E-state index contributed by atoms with van der Waals surface area (Å²) < 4.78 is 28.7. The molecule has 3 N–H and O–H groups in total. The fourth-order valence-electron chi connectivity index (χ4n) is 3.01. The average molecular weight is 372 g/mol. The Bertz CT molecular complexity index is 783. The van der Waals surface area contributed by atoms with Crippen molar-refractivity contribution >= 4 is 5.69 Å². The summed E-state index contributed by atoms with van der Waals surface area (Å²) in [5, 5.41) is 3.38. The minimum Gasteiger partial charge on any atom is -0.493 e. The summed E-state index contributed by atoms with van der Waals surface area (Å²) in [7, 11) is 0. The number of nitrogen functional groups attached to an aromatic ring is 1. The number of hydrogen-bond acceptors (Lipinski definition) is 7. The van der Waals surface area contributed by atoms with Gasteiger partial charge in [-0.3, -0.25) is 0 Å². The molecule has 2 aliphatic heterocycles. The molecule has 0 spiro atoms. The highest BCUT2D eigenvalue weighted by Gasteiger charge is 2.24. The number of ether oxygens (including phenoxy) is 5. The zero-order valence-electron chi connectivity index (χ0n) is 15.1. The van der Waals surface area contributed by atoms with Gasteiger partial charge in [-0.1, -0.05) is 6.07 Å². The van der Waals surface area contributed by atoms with Crippen LogP contribution in [0.3, 0.4) is 0 Å². The number of anilines is 1. The standard InChI is InChI=1S/C20H24N2O5/c21-14-3-1-4-15(9-14)23-6-2-5-22-12-16-13-26-19-10-17-18(11-20(19)27-16)25-8-7-24-17/h1,3-4,9-11,16,22H,2,5-8,12-13,21H2. The quantitative estimate of drug-likeness (QED) is 0.570. The molecule has 1 atom stereocenters. The van der Waals surface area contributed by atoms with E-state index in [9.17, 15) is 0 Å². The van der Waals surface area contributed by atoms with Crippen LogP contribution in [-0.4, -0.2) is 45.6 Å². The SMILES string of the molecule is Nc1cccc(OCCCNCC2COc3cc4c(cc3O2)OCCO4)c1. The van der Waals surface area contributed by atoms with Crippen molar-refractivity contribution in [3.63, 3.8) is 0 Å². The maximum Gasteiger partial charge on any atom is 0.165 e. The molecule has 0 aliphatic carbocycles. The van der Waals surface area contributed by atoms with Gasteiger partial charge in [-0.25, -0.2) is 0 Å². The molecule has 0 aromatic heterocycles. The van der Waals surface area contributed by atoms with Crippen LogP contribution in [0, 0.1) is 0 Å². The molecule has 4 rings (SSSR count). The molecule has 0 saturated carbocycles. The molecule has 2 aromatic carbocycles. The second-order valence-electron chi connectivity index (χ2n) is 6.47. The van der Waals surface area contributed by atoms with E-state index in [1.54, 1.807) is 0 Å². The Kier molecular flexibility index (Phi) is 5.39. The Labute approximate surface area is 158 Å². The largest absolute Gasteiger partial charge is 0.493 e. The fourth-order valence-corrected chi connectivity index (χ4v) is 3.01. The van der Waals surface area contributed by atoms with Gasteiger partial charge < -0.3 is 34.7 Å². The third-order valence-electron chi connectivity index (χ3n) is 4.32. The van der Waals surface area contributed by atoms with E-state index in [1.807, 2.05) is 36.4 Å². The first-order valence-electron chi connectivity index (χ1n) is 9.20. The van der Waals surface area contributed by atoms with Crippen molar-refractivity contribution < 1.29 is 23.7 Å². The first-order valence-corrected chi connectivity index (χ1v) is 9.20. The van der Waals surface area contributed by atoms with Crippen molar-refractivity contribution in [2.24, 2.45) is 0 Å². The van der Waals surface area contributed by atoms with E-state index in [-0.39, 0.29) is 6.10 Å². The topological polar surface area (TPSA) is 84.2 Å². The molecule has 2 aliphatic rings. The van der Waals surface area contributed by atoms with Crippen molar-refractivity contribution in [3.8, 4) is 28.7 Å². The molecule has 0 radical (unpaired) electrons. The van der Waals surface area contributed by atoms with Gasteiger partial charge in [0.2, 0.25) is 0 Å². The number of nitrogens with two attached hydrogens (primary N) is 1. The molecule has 7 heteroatoms. The minimum atomic E-state index is -0.0464. The van der Waals surface area contributed by atoms with Crippen LogP contribution in [0.4, 0.5) is 5.69 Å². The Hall–Kier alpha value is -2.80. The summed E-state index contributed by atoms with van der Waals surface area (Å²) in [5.74, 6) is 3.61. The predicted molar refractivity (Wildman–Crippen MR) is 101 cm³/mol. The van der Waals surface area contributed by atoms with Crippen LogP contribution in [0.15, 0.2) is 36.4 Å². The average Bonchev–Trinajstić information content (AvgIpc) is 2.69. The van der Waals surface area contributed by atoms with E-state index in [2.05, 4.69) is 5.32 Å². The molecule has 7 nitrogen and oxygen atoms in total. The highest BCUT2D eigenvalue weighted by Crippen LogP contribution is 2.42. The van der Waals surface area contributed by atoms with Gasteiger partial charge in [0.1, 0.15) is 31.7 Å². The van der Waals surface area contributed by atoms with Crippen molar-refractivity contribution in [1.29, 1.82) is 0 Å². The van der Waals surface area contributed by atoms with E-state index >= 15 is 0 Å². The summed E-state index contributed by atoms with van der Waals surface area (Å²) in [6.45, 7) is 3.77. The van der Waals surface area contributed by atoms with Crippen LogP contribution >= 0.6 is 0 Å². The van der Waals surface area contributed by atoms with Crippen LogP contribution in [0.2, 0.25) is 0 Å². The lowest BCUT2D eigenvalue weighted by atomic mass is 10.2. The molecule has 0 amide bonds. The van der Waals surface area contributed by atoms with Crippen molar-refractivity contribution in [1.82, 2.24) is 5.32 Å². The summed E-state index contributed by atoms with van der Waals surface area (Å²) in [6.07, 6.45) is 0.840. The maximum absolute atomic E-state index is 6.02. The third-order valence-corrected chi connectivity index (χ3v) is 4.32. The molecule has 144 valence electrons. The van der Waals surface area contributed by atoms with Crippen molar-refractivity contribution in [2.75, 3.05) is 45.3 Å². The minimum absolute atomic E-state index is 0.0464. The van der Waals surface area contributed by atoms with E-state index in [1.165, 1.54) is 0 Å². The highest BCUT2D eigenvalue weighted by molar-refractivity contribution is 5.55. The Morgan fingerprint density at radius 1 is 1.00 bits per heavy atom. The normalized spacial score (nSPS) is 17.4. The van der Waals surface area contributed by atoms with Crippen LogP contribution in [-0.2, 0) is 0 Å². The Morgan fingerprint density at radius 2 is 1.78 bits per heavy atom. The number of hydrogen-bond donors (Lipinski definition) is 2. The smallest absolute Gasteiger partial charge is 0.165 e. The third kappa shape index (κ3) is 4.49. The van der Waals surface area contributed by atoms with Crippen molar-refractivity contribution in [2.45, 2.75) is 12.5 Å². The second kappa shape index (κ2) is 8.26. The highest BCUT2D eigenvalue weighted by atomic mass is 16.6. The molecule has 0 fully saturated rings. The molecular weight excluding hydrogens is 348 g/mol. The van der Waals surface area contributed by atoms with Gasteiger partial charge in [-0.2, -0.15) is 0 Å². The molecule has 2 aromatic rings. The molecular formula is C20H24N2O5. The number of fused-ring (bicyclic) bond motifs is 2. The lowest BCUT2D eigenvalue weighted by molar-refractivity contribution is 0.0873. The summed E-state index contributed by atoms with van der Waals surface area (Å²) in [4.78, 5) is 0. The zero-order chi connectivity index (χ0) is 18.5. The Balaban J connectivity index is 1.18. The first-order chi connectivity index (χ1) is 13.3. The summed E-state index contributed by atoms with van der Waals surface area (Å²) >= 11 is 0. The fraction of sp³-hybridized carbons (Fsp3) is 0.400. The number of nitrogens with one attached hydrogen (secondary N) is 1. The van der Waals surface area contributed by atoms with Gasteiger partial charge in [-0.05, 0) is 25.1 Å². The van der Waals surface area contributed by atoms with Crippen LogP contribution in [0.25, 0.3) is 0 Å². The number of benzene rings is 2. The van der Waals surface area contributed by atoms with E-state index < -0.39 is 0 Å². The lowest BCUT2D eigenvalue weighted by Gasteiger charge is -2.28. The van der Waals surface area contributed by atoms with E-state index in [0.717, 1.165) is 18.7 Å². The molecule has 27 heavy (non-hydrogen) atoms. The Morgan fingerprint density at radius 3 is 2.59 bits per heavy atom. The van der Waals surface area contributed by atoms with Gasteiger partial charge in [-0.15, -0.1) is 0 Å². The molecule has 1 unspecified atom stereocenters. The maximum atomic E-state index is 6.02. The van der Waals surface area contributed by atoms with Gasteiger partial charge in [0, 0.05) is 30.4 Å². The predicted octanol–water partition coefficient (Wildman–Crippen LogP) is 2.24. The molecule has 2 heterocycles. The zero-order valence-corrected chi connectivity index (χ0v) is 15.1. The van der Waals surface area contributed by atoms with Crippen LogP contribution in [0.1, 0.15) is 6.42 Å². The lowest BCUT2D eigenvalue weighted by Crippen LogP contribution is -2.39. The monoisotopic (exact) mass is 372 g/mol. The van der Waals surface area contributed by atoms with E-state index in [0.29, 0.717) is 61.7 Å². The van der Waals surface area contributed by atoms with Gasteiger partial charge >= 0.3 is 0 Å². The summed E-state index contributed by atoms with van der Waals surface area (Å²) in [5.41, 5.74) is 6.44. The van der Waals surface area contributed by atoms with Crippen LogP contribution < -0.4 is 34.7 Å². The van der Waals surface area contributed by atoms with Gasteiger partial charge in [0.05, 0.1) is 6.61 Å². The number of rotatable bonds is 7.